The van der Waals surface area contributed by atoms with Crippen LogP contribution in [0.2, 0.25) is 0 Å². The first kappa shape index (κ1) is 14.8. The van der Waals surface area contributed by atoms with Crippen molar-refractivity contribution in [2.24, 2.45) is 0 Å². The molecule has 0 spiro atoms. The summed E-state index contributed by atoms with van der Waals surface area (Å²) in [6.45, 7) is 2.66. The molecule has 6 nitrogen and oxygen atoms in total. The monoisotopic (exact) mass is 258 g/mol. The van der Waals surface area contributed by atoms with Crippen LogP contribution in [-0.4, -0.2) is 66.3 Å². The van der Waals surface area contributed by atoms with Crippen LogP contribution in [-0.2, 0) is 9.53 Å². The fourth-order valence-electron chi connectivity index (χ4n) is 1.78. The molecule has 1 aliphatic rings. The molecule has 1 saturated carbocycles. The van der Waals surface area contributed by atoms with Crippen molar-refractivity contribution in [1.29, 1.82) is 0 Å². The van der Waals surface area contributed by atoms with E-state index in [-0.39, 0.29) is 31.1 Å². The minimum Gasteiger partial charge on any atom is -0.481 e. The van der Waals surface area contributed by atoms with Crippen LogP contribution in [0.5, 0.6) is 0 Å². The predicted octanol–water partition coefficient (Wildman–Crippen LogP) is 1.01. The Balaban J connectivity index is 2.55. The fourth-order valence-corrected chi connectivity index (χ4v) is 1.78. The second-order valence-electron chi connectivity index (χ2n) is 4.77. The number of carboxylic acid groups (broad SMARTS) is 1. The lowest BCUT2D eigenvalue weighted by Gasteiger charge is -2.31. The van der Waals surface area contributed by atoms with Crippen molar-refractivity contribution in [2.75, 3.05) is 27.3 Å². The third kappa shape index (κ3) is 4.18. The Labute approximate surface area is 107 Å². The quantitative estimate of drug-likeness (QED) is 0.740. The van der Waals surface area contributed by atoms with Crippen molar-refractivity contribution >= 4 is 12.0 Å². The van der Waals surface area contributed by atoms with Gasteiger partial charge in [0.05, 0.1) is 19.1 Å². The summed E-state index contributed by atoms with van der Waals surface area (Å²) in [7, 11) is 3.32. The average molecular weight is 258 g/mol. The number of nitrogens with zero attached hydrogens (tertiary/aromatic N) is 2. The predicted molar refractivity (Wildman–Crippen MR) is 66.5 cm³/mol. The molecule has 1 rings (SSSR count). The number of amides is 2. The number of rotatable bonds is 7. The maximum atomic E-state index is 12.3. The SMILES string of the molecule is COCC(C)N(C)C(=O)N(CCC(=O)O)C1CC1. The lowest BCUT2D eigenvalue weighted by atomic mass is 10.3. The molecule has 0 aromatic carbocycles. The minimum absolute atomic E-state index is 0.00522. The van der Waals surface area contributed by atoms with Crippen molar-refractivity contribution in [3.05, 3.63) is 0 Å². The number of carbonyl (C=O) groups excluding carboxylic acids is 1. The Bertz CT molecular complexity index is 304. The van der Waals surface area contributed by atoms with Gasteiger partial charge in [-0.2, -0.15) is 0 Å². The van der Waals surface area contributed by atoms with E-state index in [9.17, 15) is 9.59 Å². The number of methoxy groups -OCH3 is 1. The van der Waals surface area contributed by atoms with Crippen LogP contribution in [0.1, 0.15) is 26.2 Å². The summed E-state index contributed by atoms with van der Waals surface area (Å²) in [5, 5.41) is 8.71. The number of hydrogen-bond acceptors (Lipinski definition) is 3. The lowest BCUT2D eigenvalue weighted by Crippen LogP contribution is -2.48. The van der Waals surface area contributed by atoms with Crippen molar-refractivity contribution in [3.63, 3.8) is 0 Å². The Hall–Kier alpha value is -1.30. The third-order valence-electron chi connectivity index (χ3n) is 3.17. The van der Waals surface area contributed by atoms with Crippen LogP contribution >= 0.6 is 0 Å². The van der Waals surface area contributed by atoms with E-state index >= 15 is 0 Å². The lowest BCUT2D eigenvalue weighted by molar-refractivity contribution is -0.137. The van der Waals surface area contributed by atoms with Crippen molar-refractivity contribution in [3.8, 4) is 0 Å². The smallest absolute Gasteiger partial charge is 0.320 e. The molecule has 0 heterocycles. The number of likely N-dealkylation sites (N-methyl/N-ethyl adjacent to an activating group) is 1. The molecule has 1 unspecified atom stereocenters. The van der Waals surface area contributed by atoms with E-state index in [0.717, 1.165) is 12.8 Å². The summed E-state index contributed by atoms with van der Waals surface area (Å²) >= 11 is 0. The highest BCUT2D eigenvalue weighted by Crippen LogP contribution is 2.28. The first-order valence-electron chi connectivity index (χ1n) is 6.21. The van der Waals surface area contributed by atoms with Crippen LogP contribution < -0.4 is 0 Å². The van der Waals surface area contributed by atoms with Gasteiger partial charge in [-0.15, -0.1) is 0 Å². The molecule has 2 amide bonds. The standard InChI is InChI=1S/C12H22N2O4/c1-9(8-18-3)13(2)12(17)14(10-4-5-10)7-6-11(15)16/h9-10H,4-8H2,1-3H3,(H,15,16). The molecular weight excluding hydrogens is 236 g/mol. The zero-order valence-electron chi connectivity index (χ0n) is 11.3. The van der Waals surface area contributed by atoms with Crippen LogP contribution in [0.4, 0.5) is 4.79 Å². The van der Waals surface area contributed by atoms with Crippen molar-refractivity contribution < 1.29 is 19.4 Å². The van der Waals surface area contributed by atoms with E-state index in [0.29, 0.717) is 6.61 Å². The summed E-state index contributed by atoms with van der Waals surface area (Å²) in [6.07, 6.45) is 1.93. The summed E-state index contributed by atoms with van der Waals surface area (Å²) in [5.41, 5.74) is 0. The van der Waals surface area contributed by atoms with E-state index in [1.807, 2.05) is 6.92 Å². The number of hydrogen-bond donors (Lipinski definition) is 1. The molecule has 0 aromatic rings. The molecule has 0 bridgehead atoms. The molecule has 104 valence electrons. The first-order valence-corrected chi connectivity index (χ1v) is 6.21. The minimum atomic E-state index is -0.874. The number of ether oxygens (including phenoxy) is 1. The molecule has 0 radical (unpaired) electrons. The number of aliphatic carboxylic acids is 1. The summed E-state index contributed by atoms with van der Waals surface area (Å²) in [4.78, 5) is 26.1. The summed E-state index contributed by atoms with van der Waals surface area (Å²) in [5.74, 6) is -0.874. The fraction of sp³-hybridized carbons (Fsp3) is 0.833. The Kier molecular flexibility index (Phi) is 5.40. The Morgan fingerprint density at radius 1 is 1.44 bits per heavy atom. The molecule has 18 heavy (non-hydrogen) atoms. The Morgan fingerprint density at radius 2 is 2.06 bits per heavy atom. The highest BCUT2D eigenvalue weighted by atomic mass is 16.5. The third-order valence-corrected chi connectivity index (χ3v) is 3.17. The van der Waals surface area contributed by atoms with Crippen LogP contribution in [0.3, 0.4) is 0 Å². The van der Waals surface area contributed by atoms with Crippen LogP contribution in [0.25, 0.3) is 0 Å². The van der Waals surface area contributed by atoms with Gasteiger partial charge in [-0.3, -0.25) is 4.79 Å². The Morgan fingerprint density at radius 3 is 2.50 bits per heavy atom. The molecule has 0 aromatic heterocycles. The second-order valence-corrected chi connectivity index (χ2v) is 4.77. The molecule has 6 heteroatoms. The number of carbonyl (C=O) groups is 2. The van der Waals surface area contributed by atoms with Crippen molar-refractivity contribution in [2.45, 2.75) is 38.3 Å². The molecule has 1 aliphatic carbocycles. The van der Waals surface area contributed by atoms with Gasteiger partial charge in [0.25, 0.3) is 0 Å². The highest BCUT2D eigenvalue weighted by molar-refractivity contribution is 5.76. The summed E-state index contributed by atoms with van der Waals surface area (Å²) in [6, 6.07) is 0.0888. The maximum Gasteiger partial charge on any atom is 0.320 e. The molecule has 0 saturated heterocycles. The van der Waals surface area contributed by atoms with Gasteiger partial charge in [0, 0.05) is 26.7 Å². The van der Waals surface area contributed by atoms with Gasteiger partial charge in [-0.05, 0) is 19.8 Å². The van der Waals surface area contributed by atoms with E-state index in [4.69, 9.17) is 9.84 Å². The molecule has 1 N–H and O–H groups in total. The zero-order chi connectivity index (χ0) is 13.7. The second kappa shape index (κ2) is 6.58. The van der Waals surface area contributed by atoms with E-state index < -0.39 is 5.97 Å². The van der Waals surface area contributed by atoms with Crippen LogP contribution in [0, 0.1) is 0 Å². The van der Waals surface area contributed by atoms with Gasteiger partial charge in [0.2, 0.25) is 0 Å². The zero-order valence-corrected chi connectivity index (χ0v) is 11.3. The topological polar surface area (TPSA) is 70.1 Å². The van der Waals surface area contributed by atoms with Crippen LogP contribution in [0.15, 0.2) is 0 Å². The van der Waals surface area contributed by atoms with Gasteiger partial charge in [0.1, 0.15) is 0 Å². The van der Waals surface area contributed by atoms with Crippen molar-refractivity contribution in [1.82, 2.24) is 9.80 Å². The molecule has 1 atom stereocenters. The van der Waals surface area contributed by atoms with Gasteiger partial charge < -0.3 is 19.6 Å². The average Bonchev–Trinajstić information content (AvgIpc) is 3.12. The molecule has 0 aliphatic heterocycles. The highest BCUT2D eigenvalue weighted by Gasteiger charge is 2.35. The number of urea groups is 1. The largest absolute Gasteiger partial charge is 0.481 e. The molecule has 1 fully saturated rings. The van der Waals surface area contributed by atoms with Gasteiger partial charge in [-0.1, -0.05) is 0 Å². The van der Waals surface area contributed by atoms with E-state index in [2.05, 4.69) is 0 Å². The van der Waals surface area contributed by atoms with E-state index in [1.165, 1.54) is 0 Å². The maximum absolute atomic E-state index is 12.3. The number of carboxylic acids is 1. The first-order chi connectivity index (χ1) is 8.47. The van der Waals surface area contributed by atoms with Gasteiger partial charge in [0.15, 0.2) is 0 Å². The normalized spacial score (nSPS) is 16.2. The summed E-state index contributed by atoms with van der Waals surface area (Å²) < 4.78 is 5.02. The molecular formula is C12H22N2O4. The van der Waals surface area contributed by atoms with Gasteiger partial charge >= 0.3 is 12.0 Å². The van der Waals surface area contributed by atoms with E-state index in [1.54, 1.807) is 24.0 Å². The van der Waals surface area contributed by atoms with Gasteiger partial charge in [-0.25, -0.2) is 4.79 Å².